The molecule has 118 valence electrons. The average molecular weight is 305 g/mol. The van der Waals surface area contributed by atoms with E-state index in [1.54, 1.807) is 10.9 Å². The number of nitrogens with one attached hydrogen (secondary N) is 1. The molecule has 22 heavy (non-hydrogen) atoms. The van der Waals surface area contributed by atoms with Crippen LogP contribution in [0.3, 0.4) is 0 Å². The summed E-state index contributed by atoms with van der Waals surface area (Å²) in [7, 11) is 0. The number of ketones is 1. The summed E-state index contributed by atoms with van der Waals surface area (Å²) in [5.41, 5.74) is 6.90. The summed E-state index contributed by atoms with van der Waals surface area (Å²) in [6, 6.07) is 0. The molecule has 0 spiro atoms. The molecule has 0 bridgehead atoms. The maximum Gasteiger partial charge on any atom is 0.216 e. The lowest BCUT2D eigenvalue weighted by Gasteiger charge is -2.21. The Kier molecular flexibility index (Phi) is 4.99. The molecule has 0 aliphatic rings. The van der Waals surface area contributed by atoms with Gasteiger partial charge >= 0.3 is 0 Å². The van der Waals surface area contributed by atoms with Crippen molar-refractivity contribution in [2.45, 2.75) is 20.5 Å². The van der Waals surface area contributed by atoms with Crippen molar-refractivity contribution in [2.24, 2.45) is 0 Å². The first kappa shape index (κ1) is 15.8. The molecule has 2 heterocycles. The molecule has 2 aromatic heterocycles. The van der Waals surface area contributed by atoms with Crippen molar-refractivity contribution in [3.63, 3.8) is 0 Å². The number of amides is 1. The topological polar surface area (TPSA) is 119 Å². The molecule has 3 N–H and O–H groups in total. The second-order valence-corrected chi connectivity index (χ2v) is 5.02. The van der Waals surface area contributed by atoms with Crippen LogP contribution < -0.4 is 11.1 Å². The molecule has 0 atom stereocenters. The van der Waals surface area contributed by atoms with E-state index in [1.807, 2.05) is 4.90 Å². The van der Waals surface area contributed by atoms with Crippen molar-refractivity contribution >= 4 is 28.7 Å². The Morgan fingerprint density at radius 3 is 2.77 bits per heavy atom. The van der Waals surface area contributed by atoms with Crippen LogP contribution in [0, 0.1) is 0 Å². The SMILES string of the molecule is CC(=O)CN(CCNC(C)=O)Cn1cnc2c(N)ncnc21. The van der Waals surface area contributed by atoms with Gasteiger partial charge in [0.2, 0.25) is 5.91 Å². The zero-order valence-electron chi connectivity index (χ0n) is 12.6. The summed E-state index contributed by atoms with van der Waals surface area (Å²) in [6.45, 7) is 4.69. The number of fused-ring (bicyclic) bond motifs is 1. The first-order valence-corrected chi connectivity index (χ1v) is 6.85. The van der Waals surface area contributed by atoms with Gasteiger partial charge in [-0.2, -0.15) is 0 Å². The zero-order valence-corrected chi connectivity index (χ0v) is 12.6. The van der Waals surface area contributed by atoms with E-state index in [0.29, 0.717) is 36.7 Å². The Hall–Kier alpha value is -2.55. The first-order chi connectivity index (χ1) is 10.5. The van der Waals surface area contributed by atoms with Crippen molar-refractivity contribution in [3.05, 3.63) is 12.7 Å². The van der Waals surface area contributed by atoms with Crippen LogP contribution in [0.2, 0.25) is 0 Å². The molecule has 0 aliphatic heterocycles. The number of rotatable bonds is 7. The van der Waals surface area contributed by atoms with Crippen LogP contribution in [0.5, 0.6) is 0 Å². The number of carbonyl (C=O) groups is 2. The fourth-order valence-corrected chi connectivity index (χ4v) is 2.12. The zero-order chi connectivity index (χ0) is 16.1. The number of nitrogens with zero attached hydrogens (tertiary/aromatic N) is 5. The minimum Gasteiger partial charge on any atom is -0.382 e. The Labute approximate surface area is 127 Å². The third-order valence-corrected chi connectivity index (χ3v) is 3.03. The van der Waals surface area contributed by atoms with Crippen LogP contribution >= 0.6 is 0 Å². The van der Waals surface area contributed by atoms with E-state index in [2.05, 4.69) is 20.3 Å². The van der Waals surface area contributed by atoms with Crippen LogP contribution in [-0.4, -0.2) is 55.7 Å². The lowest BCUT2D eigenvalue weighted by atomic mass is 10.4. The van der Waals surface area contributed by atoms with E-state index in [4.69, 9.17) is 5.73 Å². The third kappa shape index (κ3) is 3.98. The highest BCUT2D eigenvalue weighted by molar-refractivity contribution is 5.81. The molecule has 0 unspecified atom stereocenters. The average Bonchev–Trinajstić information content (AvgIpc) is 2.82. The number of imidazole rings is 1. The summed E-state index contributed by atoms with van der Waals surface area (Å²) in [4.78, 5) is 36.5. The lowest BCUT2D eigenvalue weighted by Crippen LogP contribution is -2.37. The van der Waals surface area contributed by atoms with E-state index in [1.165, 1.54) is 20.2 Å². The van der Waals surface area contributed by atoms with E-state index < -0.39 is 0 Å². The predicted octanol–water partition coefficient (Wildman–Crippen LogP) is -0.607. The van der Waals surface area contributed by atoms with Gasteiger partial charge in [-0.25, -0.2) is 15.0 Å². The monoisotopic (exact) mass is 305 g/mol. The molecular formula is C13H19N7O2. The first-order valence-electron chi connectivity index (χ1n) is 6.85. The fourth-order valence-electron chi connectivity index (χ4n) is 2.12. The minimum atomic E-state index is -0.101. The van der Waals surface area contributed by atoms with Crippen molar-refractivity contribution in [1.82, 2.24) is 29.7 Å². The Balaban J connectivity index is 2.12. The van der Waals surface area contributed by atoms with Gasteiger partial charge in [0, 0.05) is 20.0 Å². The van der Waals surface area contributed by atoms with Gasteiger partial charge in [-0.3, -0.25) is 14.5 Å². The molecule has 0 saturated carbocycles. The molecule has 9 nitrogen and oxygen atoms in total. The molecule has 0 aliphatic carbocycles. The summed E-state index contributed by atoms with van der Waals surface area (Å²) < 4.78 is 1.80. The number of Topliss-reactive ketones (excluding diaryl/α,β-unsaturated/α-hetero) is 1. The van der Waals surface area contributed by atoms with E-state index in [0.717, 1.165) is 0 Å². The normalized spacial score (nSPS) is 11.0. The summed E-state index contributed by atoms with van der Waals surface area (Å²) >= 11 is 0. The summed E-state index contributed by atoms with van der Waals surface area (Å²) in [5, 5.41) is 2.71. The van der Waals surface area contributed by atoms with Gasteiger partial charge in [0.25, 0.3) is 0 Å². The van der Waals surface area contributed by atoms with Crippen molar-refractivity contribution in [1.29, 1.82) is 0 Å². The van der Waals surface area contributed by atoms with Crippen LogP contribution in [-0.2, 0) is 16.3 Å². The van der Waals surface area contributed by atoms with Gasteiger partial charge in [-0.1, -0.05) is 0 Å². The predicted molar refractivity (Wildman–Crippen MR) is 80.7 cm³/mol. The maximum atomic E-state index is 11.4. The lowest BCUT2D eigenvalue weighted by molar-refractivity contribution is -0.119. The Morgan fingerprint density at radius 1 is 1.32 bits per heavy atom. The quantitative estimate of drug-likeness (QED) is 0.700. The molecule has 1 amide bonds. The molecule has 0 radical (unpaired) electrons. The second-order valence-electron chi connectivity index (χ2n) is 5.02. The number of carbonyl (C=O) groups excluding carboxylic acids is 2. The van der Waals surface area contributed by atoms with Crippen LogP contribution in [0.15, 0.2) is 12.7 Å². The number of anilines is 1. The summed E-state index contributed by atoms with van der Waals surface area (Å²) in [6.07, 6.45) is 2.99. The highest BCUT2D eigenvalue weighted by atomic mass is 16.1. The number of hydrogen-bond acceptors (Lipinski definition) is 7. The van der Waals surface area contributed by atoms with Crippen molar-refractivity contribution in [2.75, 3.05) is 25.4 Å². The second kappa shape index (κ2) is 6.94. The van der Waals surface area contributed by atoms with Gasteiger partial charge in [0.05, 0.1) is 19.5 Å². The van der Waals surface area contributed by atoms with Crippen molar-refractivity contribution < 1.29 is 9.59 Å². The highest BCUT2D eigenvalue weighted by Gasteiger charge is 2.13. The van der Waals surface area contributed by atoms with Crippen LogP contribution in [0.25, 0.3) is 11.2 Å². The summed E-state index contributed by atoms with van der Waals surface area (Å²) in [5.74, 6) is 0.262. The van der Waals surface area contributed by atoms with Gasteiger partial charge in [0.1, 0.15) is 17.6 Å². The standard InChI is InChI=1S/C13H19N7O2/c1-9(21)5-19(4-3-15-10(2)22)8-20-7-18-11-12(14)16-6-17-13(11)20/h6-7H,3-5,8H2,1-2H3,(H,15,22)(H2,14,16,17). The molecule has 2 aromatic rings. The van der Waals surface area contributed by atoms with Crippen LogP contribution in [0.1, 0.15) is 13.8 Å². The third-order valence-electron chi connectivity index (χ3n) is 3.03. The van der Waals surface area contributed by atoms with Gasteiger partial charge in [-0.05, 0) is 6.92 Å². The number of aromatic nitrogens is 4. The molecule has 0 aromatic carbocycles. The highest BCUT2D eigenvalue weighted by Crippen LogP contribution is 2.14. The smallest absolute Gasteiger partial charge is 0.216 e. The number of nitrogen functional groups attached to an aromatic ring is 1. The molecule has 2 rings (SSSR count). The van der Waals surface area contributed by atoms with Gasteiger partial charge in [0.15, 0.2) is 11.5 Å². The molecule has 0 fully saturated rings. The largest absolute Gasteiger partial charge is 0.382 e. The van der Waals surface area contributed by atoms with Gasteiger partial charge in [-0.15, -0.1) is 0 Å². The van der Waals surface area contributed by atoms with E-state index in [9.17, 15) is 9.59 Å². The fraction of sp³-hybridized carbons (Fsp3) is 0.462. The molecule has 9 heteroatoms. The molecule has 0 saturated heterocycles. The van der Waals surface area contributed by atoms with E-state index >= 15 is 0 Å². The Bertz CT molecular complexity index is 682. The Morgan fingerprint density at radius 2 is 2.09 bits per heavy atom. The number of nitrogens with two attached hydrogens (primary N) is 1. The maximum absolute atomic E-state index is 11.4. The van der Waals surface area contributed by atoms with Crippen LogP contribution in [0.4, 0.5) is 5.82 Å². The van der Waals surface area contributed by atoms with Crippen molar-refractivity contribution in [3.8, 4) is 0 Å². The van der Waals surface area contributed by atoms with E-state index in [-0.39, 0.29) is 18.2 Å². The minimum absolute atomic E-state index is 0.0429. The molecular weight excluding hydrogens is 286 g/mol. The van der Waals surface area contributed by atoms with Gasteiger partial charge < -0.3 is 15.6 Å². The number of hydrogen-bond donors (Lipinski definition) is 2.